The van der Waals surface area contributed by atoms with Crippen molar-refractivity contribution < 1.29 is 0 Å². The molecular formula is C14H30N2. The van der Waals surface area contributed by atoms with Crippen LogP contribution in [0.15, 0.2) is 0 Å². The van der Waals surface area contributed by atoms with Crippen LogP contribution in [0.5, 0.6) is 0 Å². The molecule has 1 saturated carbocycles. The van der Waals surface area contributed by atoms with E-state index in [1.807, 2.05) is 0 Å². The molecule has 2 nitrogen and oxygen atoms in total. The quantitative estimate of drug-likeness (QED) is 0.655. The zero-order chi connectivity index (χ0) is 11.9. The molecule has 96 valence electrons. The van der Waals surface area contributed by atoms with Gasteiger partial charge in [0, 0.05) is 0 Å². The van der Waals surface area contributed by atoms with Gasteiger partial charge in [-0.2, -0.15) is 0 Å². The molecule has 1 fully saturated rings. The van der Waals surface area contributed by atoms with E-state index in [9.17, 15) is 0 Å². The van der Waals surface area contributed by atoms with Crippen LogP contribution in [0.3, 0.4) is 0 Å². The van der Waals surface area contributed by atoms with E-state index in [0.29, 0.717) is 5.41 Å². The van der Waals surface area contributed by atoms with Crippen LogP contribution in [0.25, 0.3) is 0 Å². The molecule has 16 heavy (non-hydrogen) atoms. The van der Waals surface area contributed by atoms with E-state index in [0.717, 1.165) is 25.6 Å². The van der Waals surface area contributed by atoms with Crippen LogP contribution in [-0.4, -0.2) is 19.6 Å². The van der Waals surface area contributed by atoms with Gasteiger partial charge in [0.2, 0.25) is 0 Å². The summed E-state index contributed by atoms with van der Waals surface area (Å²) < 4.78 is 0. The minimum absolute atomic E-state index is 0.473. The Morgan fingerprint density at radius 3 is 2.50 bits per heavy atom. The van der Waals surface area contributed by atoms with E-state index in [4.69, 9.17) is 5.73 Å². The molecule has 0 aromatic heterocycles. The first-order chi connectivity index (χ1) is 7.72. The maximum atomic E-state index is 5.98. The third-order valence-corrected chi connectivity index (χ3v) is 4.37. The lowest BCUT2D eigenvalue weighted by atomic mass is 9.72. The van der Waals surface area contributed by atoms with E-state index >= 15 is 0 Å². The first-order valence-corrected chi connectivity index (χ1v) is 7.13. The second-order valence-corrected chi connectivity index (χ2v) is 5.73. The summed E-state index contributed by atoms with van der Waals surface area (Å²) in [6.45, 7) is 7.78. The fourth-order valence-corrected chi connectivity index (χ4v) is 2.70. The highest BCUT2D eigenvalue weighted by Gasteiger charge is 2.29. The van der Waals surface area contributed by atoms with Gasteiger partial charge in [0.1, 0.15) is 0 Å². The van der Waals surface area contributed by atoms with E-state index in [1.165, 1.54) is 44.9 Å². The van der Waals surface area contributed by atoms with Crippen LogP contribution in [0.1, 0.15) is 58.8 Å². The lowest BCUT2D eigenvalue weighted by Crippen LogP contribution is -2.36. The van der Waals surface area contributed by atoms with Crippen LogP contribution in [0.2, 0.25) is 0 Å². The van der Waals surface area contributed by atoms with Gasteiger partial charge in [0.25, 0.3) is 0 Å². The van der Waals surface area contributed by atoms with Gasteiger partial charge in [-0.25, -0.2) is 0 Å². The lowest BCUT2D eigenvalue weighted by molar-refractivity contribution is 0.180. The molecular weight excluding hydrogens is 196 g/mol. The molecule has 0 aromatic rings. The molecule has 1 rings (SSSR count). The van der Waals surface area contributed by atoms with Crippen molar-refractivity contribution in [2.75, 3.05) is 19.6 Å². The highest BCUT2D eigenvalue weighted by Crippen LogP contribution is 2.37. The van der Waals surface area contributed by atoms with Crippen molar-refractivity contribution in [3.8, 4) is 0 Å². The molecule has 0 radical (unpaired) electrons. The third-order valence-electron chi connectivity index (χ3n) is 4.37. The summed E-state index contributed by atoms with van der Waals surface area (Å²) in [7, 11) is 0. The molecule has 3 N–H and O–H groups in total. The number of nitrogens with one attached hydrogen (secondary N) is 1. The third kappa shape index (κ3) is 4.42. The minimum atomic E-state index is 0.473. The van der Waals surface area contributed by atoms with Gasteiger partial charge in [-0.1, -0.05) is 39.5 Å². The lowest BCUT2D eigenvalue weighted by Gasteiger charge is -2.36. The first kappa shape index (κ1) is 14.0. The molecule has 0 aromatic carbocycles. The van der Waals surface area contributed by atoms with Crippen LogP contribution in [0.4, 0.5) is 0 Å². The van der Waals surface area contributed by atoms with Gasteiger partial charge in [-0.3, -0.25) is 0 Å². The number of rotatable bonds is 7. The molecule has 1 atom stereocenters. The monoisotopic (exact) mass is 226 g/mol. The van der Waals surface area contributed by atoms with Crippen molar-refractivity contribution in [3.05, 3.63) is 0 Å². The SMILES string of the molecule is CCC(C)CNCCC1(CN)CCCCC1. The molecule has 0 bridgehead atoms. The molecule has 0 amide bonds. The maximum absolute atomic E-state index is 5.98. The predicted molar refractivity (Wildman–Crippen MR) is 71.5 cm³/mol. The largest absolute Gasteiger partial charge is 0.330 e. The van der Waals surface area contributed by atoms with Crippen molar-refractivity contribution in [3.63, 3.8) is 0 Å². The number of nitrogens with two attached hydrogens (primary N) is 1. The Balaban J connectivity index is 2.18. The summed E-state index contributed by atoms with van der Waals surface area (Å²) in [6, 6.07) is 0. The van der Waals surface area contributed by atoms with E-state index in [1.54, 1.807) is 0 Å². The topological polar surface area (TPSA) is 38.0 Å². The van der Waals surface area contributed by atoms with Gasteiger partial charge in [-0.05, 0) is 50.2 Å². The van der Waals surface area contributed by atoms with Gasteiger partial charge >= 0.3 is 0 Å². The highest BCUT2D eigenvalue weighted by atomic mass is 14.9. The Bertz CT molecular complexity index is 174. The summed E-state index contributed by atoms with van der Waals surface area (Å²) >= 11 is 0. The van der Waals surface area contributed by atoms with Gasteiger partial charge in [-0.15, -0.1) is 0 Å². The van der Waals surface area contributed by atoms with Crippen molar-refractivity contribution in [2.24, 2.45) is 17.1 Å². The van der Waals surface area contributed by atoms with Crippen LogP contribution >= 0.6 is 0 Å². The van der Waals surface area contributed by atoms with Crippen molar-refractivity contribution in [2.45, 2.75) is 58.8 Å². The fraction of sp³-hybridized carbons (Fsp3) is 1.00. The second-order valence-electron chi connectivity index (χ2n) is 5.73. The smallest absolute Gasteiger partial charge is 0.00201 e. The summed E-state index contributed by atoms with van der Waals surface area (Å²) in [5.41, 5.74) is 6.45. The molecule has 2 heteroatoms. The average molecular weight is 226 g/mol. The Hall–Kier alpha value is -0.0800. The molecule has 1 aliphatic rings. The Morgan fingerprint density at radius 2 is 1.94 bits per heavy atom. The molecule has 1 unspecified atom stereocenters. The predicted octanol–water partition coefficient (Wildman–Crippen LogP) is 2.92. The molecule has 0 aliphatic heterocycles. The molecule has 0 heterocycles. The van der Waals surface area contributed by atoms with E-state index < -0.39 is 0 Å². The van der Waals surface area contributed by atoms with Gasteiger partial charge in [0.15, 0.2) is 0 Å². The van der Waals surface area contributed by atoms with Crippen LogP contribution < -0.4 is 11.1 Å². The fourth-order valence-electron chi connectivity index (χ4n) is 2.70. The summed E-state index contributed by atoms with van der Waals surface area (Å²) in [4.78, 5) is 0. The number of hydrogen-bond acceptors (Lipinski definition) is 2. The first-order valence-electron chi connectivity index (χ1n) is 7.13. The molecule has 0 spiro atoms. The standard InChI is InChI=1S/C14H30N2/c1-3-13(2)11-16-10-9-14(12-15)7-5-4-6-8-14/h13,16H,3-12,15H2,1-2H3. The second kappa shape index (κ2) is 7.29. The summed E-state index contributed by atoms with van der Waals surface area (Å²) in [5, 5.41) is 3.59. The zero-order valence-corrected chi connectivity index (χ0v) is 11.2. The van der Waals surface area contributed by atoms with E-state index in [-0.39, 0.29) is 0 Å². The maximum Gasteiger partial charge on any atom is -0.00201 e. The molecule has 0 saturated heterocycles. The Kier molecular flexibility index (Phi) is 6.37. The average Bonchev–Trinajstić information content (AvgIpc) is 2.35. The normalized spacial score (nSPS) is 21.9. The van der Waals surface area contributed by atoms with Gasteiger partial charge in [0.05, 0.1) is 0 Å². The molecule has 1 aliphatic carbocycles. The zero-order valence-electron chi connectivity index (χ0n) is 11.2. The minimum Gasteiger partial charge on any atom is -0.330 e. The highest BCUT2D eigenvalue weighted by molar-refractivity contribution is 4.84. The van der Waals surface area contributed by atoms with Crippen molar-refractivity contribution in [1.29, 1.82) is 0 Å². The number of hydrogen-bond donors (Lipinski definition) is 2. The van der Waals surface area contributed by atoms with E-state index in [2.05, 4.69) is 19.2 Å². The summed E-state index contributed by atoms with van der Waals surface area (Å²) in [5.74, 6) is 0.806. The summed E-state index contributed by atoms with van der Waals surface area (Å²) in [6.07, 6.45) is 9.46. The Morgan fingerprint density at radius 1 is 1.25 bits per heavy atom. The van der Waals surface area contributed by atoms with Crippen molar-refractivity contribution in [1.82, 2.24) is 5.32 Å². The van der Waals surface area contributed by atoms with Crippen LogP contribution in [-0.2, 0) is 0 Å². The Labute approximate surface area is 101 Å². The van der Waals surface area contributed by atoms with Crippen LogP contribution in [0, 0.1) is 11.3 Å². The van der Waals surface area contributed by atoms with Crippen molar-refractivity contribution >= 4 is 0 Å². The van der Waals surface area contributed by atoms with Gasteiger partial charge < -0.3 is 11.1 Å².